The van der Waals surface area contributed by atoms with Gasteiger partial charge in [0, 0.05) is 6.61 Å². The van der Waals surface area contributed by atoms with Crippen molar-refractivity contribution in [2.45, 2.75) is 71.2 Å². The maximum absolute atomic E-state index is 5.93. The van der Waals surface area contributed by atoms with Gasteiger partial charge in [0.15, 0.2) is 6.29 Å². The Bertz CT molecular complexity index is 185. The van der Waals surface area contributed by atoms with E-state index in [1.165, 1.54) is 25.7 Å². The molecular weight excluding hydrogens is 339 g/mol. The van der Waals surface area contributed by atoms with Gasteiger partial charge in [-0.1, -0.05) is 74.6 Å². The number of alkyl halides is 1. The molecule has 0 amide bonds. The van der Waals surface area contributed by atoms with E-state index in [1.54, 1.807) is 0 Å². The van der Waals surface area contributed by atoms with Gasteiger partial charge in [0.05, 0.1) is 10.5 Å². The molecule has 0 radical (unpaired) electrons. The monoisotopic (exact) mass is 368 g/mol. The fourth-order valence-corrected chi connectivity index (χ4v) is 2.15. The van der Waals surface area contributed by atoms with Gasteiger partial charge in [-0.25, -0.2) is 0 Å². The third-order valence-electron chi connectivity index (χ3n) is 2.86. The first-order valence-electron chi connectivity index (χ1n) is 7.24. The highest BCUT2D eigenvalue weighted by atomic mass is 127. The summed E-state index contributed by atoms with van der Waals surface area (Å²) in [5.41, 5.74) is 0. The number of hydrogen-bond acceptors (Lipinski definition) is 2. The number of hydrogen-bond donors (Lipinski definition) is 0. The van der Waals surface area contributed by atoms with Gasteiger partial charge < -0.3 is 9.47 Å². The average molecular weight is 368 g/mol. The van der Waals surface area contributed by atoms with Gasteiger partial charge in [-0.15, -0.1) is 6.58 Å². The first-order chi connectivity index (χ1) is 8.78. The fraction of sp³-hybridized carbons (Fsp3) is 0.867. The summed E-state index contributed by atoms with van der Waals surface area (Å²) < 4.78 is 12.5. The number of rotatable bonds is 13. The van der Waals surface area contributed by atoms with Gasteiger partial charge in [-0.3, -0.25) is 0 Å². The molecule has 2 unspecified atom stereocenters. The highest BCUT2D eigenvalue weighted by molar-refractivity contribution is 14.1. The van der Waals surface area contributed by atoms with Crippen LogP contribution in [0.15, 0.2) is 12.7 Å². The third-order valence-corrected chi connectivity index (χ3v) is 3.58. The van der Waals surface area contributed by atoms with Crippen LogP contribution >= 0.6 is 22.6 Å². The molecule has 0 aromatic carbocycles. The van der Waals surface area contributed by atoms with Crippen LogP contribution in [-0.4, -0.2) is 23.4 Å². The van der Waals surface area contributed by atoms with Gasteiger partial charge in [0.1, 0.15) is 0 Å². The predicted molar refractivity (Wildman–Crippen MR) is 87.4 cm³/mol. The van der Waals surface area contributed by atoms with Gasteiger partial charge in [-0.05, 0) is 12.8 Å². The number of ether oxygens (including phenoxy) is 2. The molecule has 2 atom stereocenters. The minimum atomic E-state index is -0.0775. The van der Waals surface area contributed by atoms with Crippen molar-refractivity contribution in [2.75, 3.05) is 11.0 Å². The first kappa shape index (κ1) is 18.4. The Labute approximate surface area is 127 Å². The Hall–Kier alpha value is 0.390. The lowest BCUT2D eigenvalue weighted by Gasteiger charge is -2.21. The van der Waals surface area contributed by atoms with Crippen LogP contribution in [0.2, 0.25) is 0 Å². The molecule has 108 valence electrons. The molecule has 0 bridgehead atoms. The Morgan fingerprint density at radius 1 is 1.11 bits per heavy atom. The van der Waals surface area contributed by atoms with Gasteiger partial charge >= 0.3 is 0 Å². The Morgan fingerprint density at radius 2 is 1.83 bits per heavy atom. The van der Waals surface area contributed by atoms with Gasteiger partial charge in [0.25, 0.3) is 0 Å². The van der Waals surface area contributed by atoms with Crippen LogP contribution in [0, 0.1) is 0 Å². The summed E-state index contributed by atoms with van der Waals surface area (Å²) in [4.78, 5) is 0. The molecule has 0 spiro atoms. The lowest BCUT2D eigenvalue weighted by Crippen LogP contribution is -2.25. The highest BCUT2D eigenvalue weighted by Crippen LogP contribution is 2.13. The molecule has 0 heterocycles. The van der Waals surface area contributed by atoms with E-state index >= 15 is 0 Å². The van der Waals surface area contributed by atoms with Crippen molar-refractivity contribution in [3.8, 4) is 0 Å². The number of halogens is 1. The SMILES string of the molecule is C=CC(CCCCCC)OC(CI)OCCCC. The summed E-state index contributed by atoms with van der Waals surface area (Å²) in [6.07, 6.45) is 10.4. The average Bonchev–Trinajstić information content (AvgIpc) is 2.40. The summed E-state index contributed by atoms with van der Waals surface area (Å²) in [6, 6.07) is 0. The van der Waals surface area contributed by atoms with Crippen molar-refractivity contribution in [1.82, 2.24) is 0 Å². The molecule has 0 aliphatic heterocycles. The van der Waals surface area contributed by atoms with E-state index in [4.69, 9.17) is 9.47 Å². The molecule has 0 fully saturated rings. The minimum absolute atomic E-state index is 0.0775. The van der Waals surface area contributed by atoms with E-state index in [-0.39, 0.29) is 12.4 Å². The van der Waals surface area contributed by atoms with Crippen LogP contribution in [0.25, 0.3) is 0 Å². The van der Waals surface area contributed by atoms with E-state index in [0.717, 1.165) is 30.3 Å². The van der Waals surface area contributed by atoms with Crippen molar-refractivity contribution >= 4 is 22.6 Å². The molecule has 0 saturated carbocycles. The van der Waals surface area contributed by atoms with Gasteiger partial charge in [0.2, 0.25) is 0 Å². The summed E-state index contributed by atoms with van der Waals surface area (Å²) >= 11 is 2.32. The van der Waals surface area contributed by atoms with Gasteiger partial charge in [-0.2, -0.15) is 0 Å². The molecule has 3 heteroatoms. The minimum Gasteiger partial charge on any atom is -0.352 e. The predicted octanol–water partition coefficient (Wildman–Crippen LogP) is 5.11. The standard InChI is InChI=1S/C15H29IO2/c1-4-7-9-10-11-14(6-3)18-15(13-16)17-12-8-5-2/h6,14-15H,3-5,7-13H2,1-2H3. The van der Waals surface area contributed by atoms with Crippen molar-refractivity contribution in [2.24, 2.45) is 0 Å². The fourth-order valence-electron chi connectivity index (χ4n) is 1.69. The summed E-state index contributed by atoms with van der Waals surface area (Å²) in [7, 11) is 0. The van der Waals surface area contributed by atoms with Crippen molar-refractivity contribution in [3.05, 3.63) is 12.7 Å². The van der Waals surface area contributed by atoms with Crippen LogP contribution in [0.5, 0.6) is 0 Å². The second-order valence-corrected chi connectivity index (χ2v) is 5.45. The molecule has 0 rings (SSSR count). The molecular formula is C15H29IO2. The Kier molecular flexibility index (Phi) is 14.1. The normalized spacial score (nSPS) is 14.4. The van der Waals surface area contributed by atoms with Crippen molar-refractivity contribution < 1.29 is 9.47 Å². The maximum atomic E-state index is 5.93. The van der Waals surface area contributed by atoms with Crippen LogP contribution in [0.1, 0.15) is 58.8 Å². The second-order valence-electron chi connectivity index (χ2n) is 4.57. The smallest absolute Gasteiger partial charge is 0.167 e. The van der Waals surface area contributed by atoms with Crippen LogP contribution in [0.3, 0.4) is 0 Å². The molecule has 2 nitrogen and oxygen atoms in total. The Morgan fingerprint density at radius 3 is 2.39 bits per heavy atom. The molecule has 0 aliphatic rings. The summed E-state index contributed by atoms with van der Waals surface area (Å²) in [6.45, 7) is 9.06. The van der Waals surface area contributed by atoms with Crippen LogP contribution in [0.4, 0.5) is 0 Å². The van der Waals surface area contributed by atoms with E-state index in [1.807, 2.05) is 6.08 Å². The van der Waals surface area contributed by atoms with E-state index in [9.17, 15) is 0 Å². The maximum Gasteiger partial charge on any atom is 0.167 e. The van der Waals surface area contributed by atoms with E-state index in [2.05, 4.69) is 43.0 Å². The zero-order valence-corrected chi connectivity index (χ0v) is 14.2. The zero-order chi connectivity index (χ0) is 13.6. The lowest BCUT2D eigenvalue weighted by molar-refractivity contribution is -0.145. The molecule has 18 heavy (non-hydrogen) atoms. The summed E-state index contributed by atoms with van der Waals surface area (Å²) in [5.74, 6) is 0. The lowest BCUT2D eigenvalue weighted by atomic mass is 10.1. The first-order valence-corrected chi connectivity index (χ1v) is 8.76. The molecule has 0 aromatic rings. The molecule has 0 aliphatic carbocycles. The van der Waals surface area contributed by atoms with Crippen LogP contribution < -0.4 is 0 Å². The molecule has 0 N–H and O–H groups in total. The number of unbranched alkanes of at least 4 members (excludes halogenated alkanes) is 4. The highest BCUT2D eigenvalue weighted by Gasteiger charge is 2.13. The quantitative estimate of drug-likeness (QED) is 0.148. The topological polar surface area (TPSA) is 18.5 Å². The summed E-state index contributed by atoms with van der Waals surface area (Å²) in [5, 5.41) is 0. The largest absolute Gasteiger partial charge is 0.352 e. The van der Waals surface area contributed by atoms with Crippen molar-refractivity contribution in [3.63, 3.8) is 0 Å². The third kappa shape index (κ3) is 10.3. The van der Waals surface area contributed by atoms with E-state index < -0.39 is 0 Å². The Balaban J connectivity index is 3.80. The van der Waals surface area contributed by atoms with Crippen molar-refractivity contribution in [1.29, 1.82) is 0 Å². The molecule has 0 aromatic heterocycles. The van der Waals surface area contributed by atoms with Crippen LogP contribution in [-0.2, 0) is 9.47 Å². The van der Waals surface area contributed by atoms with E-state index in [0.29, 0.717) is 0 Å². The second kappa shape index (κ2) is 13.8. The molecule has 0 saturated heterocycles. The zero-order valence-electron chi connectivity index (χ0n) is 12.0.